The molecule has 0 aliphatic carbocycles. The second kappa shape index (κ2) is 7.48. The SMILES string of the molecule is CCOC(OCC)c1cccc(N2CCOCC2)c1. The van der Waals surface area contributed by atoms with Gasteiger partial charge in [0.1, 0.15) is 0 Å². The highest BCUT2D eigenvalue weighted by Crippen LogP contribution is 2.24. The maximum absolute atomic E-state index is 5.65. The number of rotatable bonds is 6. The average molecular weight is 265 g/mol. The van der Waals surface area contributed by atoms with Gasteiger partial charge in [0.2, 0.25) is 0 Å². The first-order valence-electron chi connectivity index (χ1n) is 7.01. The van der Waals surface area contributed by atoms with E-state index in [1.54, 1.807) is 0 Å². The monoisotopic (exact) mass is 265 g/mol. The minimum absolute atomic E-state index is 0.268. The molecule has 0 N–H and O–H groups in total. The molecule has 0 radical (unpaired) electrons. The lowest BCUT2D eigenvalue weighted by molar-refractivity contribution is -0.140. The molecular formula is C15H23NO3. The van der Waals surface area contributed by atoms with Crippen molar-refractivity contribution in [3.8, 4) is 0 Å². The summed E-state index contributed by atoms with van der Waals surface area (Å²) >= 11 is 0. The molecule has 19 heavy (non-hydrogen) atoms. The summed E-state index contributed by atoms with van der Waals surface area (Å²) in [6.45, 7) is 8.73. The third kappa shape index (κ3) is 3.93. The van der Waals surface area contributed by atoms with Crippen molar-refractivity contribution in [3.63, 3.8) is 0 Å². The number of nitrogens with zero attached hydrogens (tertiary/aromatic N) is 1. The van der Waals surface area contributed by atoms with E-state index in [-0.39, 0.29) is 6.29 Å². The van der Waals surface area contributed by atoms with Gasteiger partial charge in [-0.25, -0.2) is 0 Å². The van der Waals surface area contributed by atoms with E-state index >= 15 is 0 Å². The van der Waals surface area contributed by atoms with Gasteiger partial charge < -0.3 is 19.1 Å². The Bertz CT molecular complexity index is 371. The van der Waals surface area contributed by atoms with E-state index in [2.05, 4.69) is 29.2 Å². The molecule has 0 unspecified atom stereocenters. The predicted molar refractivity (Wildman–Crippen MR) is 75.5 cm³/mol. The van der Waals surface area contributed by atoms with Gasteiger partial charge in [-0.3, -0.25) is 0 Å². The van der Waals surface area contributed by atoms with Crippen LogP contribution < -0.4 is 4.90 Å². The van der Waals surface area contributed by atoms with Gasteiger partial charge in [-0.15, -0.1) is 0 Å². The van der Waals surface area contributed by atoms with Crippen LogP contribution in [0.3, 0.4) is 0 Å². The van der Waals surface area contributed by atoms with E-state index < -0.39 is 0 Å². The van der Waals surface area contributed by atoms with Crippen LogP contribution in [0.25, 0.3) is 0 Å². The minimum Gasteiger partial charge on any atom is -0.378 e. The first kappa shape index (κ1) is 14.3. The molecule has 0 aromatic heterocycles. The lowest BCUT2D eigenvalue weighted by Gasteiger charge is -2.29. The molecule has 106 valence electrons. The zero-order valence-electron chi connectivity index (χ0n) is 11.8. The van der Waals surface area contributed by atoms with Gasteiger partial charge in [0.25, 0.3) is 0 Å². The van der Waals surface area contributed by atoms with Gasteiger partial charge in [0.05, 0.1) is 13.2 Å². The van der Waals surface area contributed by atoms with Gasteiger partial charge in [-0.1, -0.05) is 12.1 Å². The van der Waals surface area contributed by atoms with Gasteiger partial charge in [-0.05, 0) is 26.0 Å². The van der Waals surface area contributed by atoms with Gasteiger partial charge in [0.15, 0.2) is 6.29 Å². The fourth-order valence-electron chi connectivity index (χ4n) is 2.23. The molecule has 0 amide bonds. The largest absolute Gasteiger partial charge is 0.378 e. The Hall–Kier alpha value is -1.10. The van der Waals surface area contributed by atoms with E-state index in [9.17, 15) is 0 Å². The van der Waals surface area contributed by atoms with Gasteiger partial charge >= 0.3 is 0 Å². The summed E-state index contributed by atoms with van der Waals surface area (Å²) in [7, 11) is 0. The van der Waals surface area contributed by atoms with Crippen LogP contribution in [0.4, 0.5) is 5.69 Å². The highest BCUT2D eigenvalue weighted by Gasteiger charge is 2.15. The third-order valence-electron chi connectivity index (χ3n) is 3.15. The standard InChI is InChI=1S/C15H23NO3/c1-3-18-15(19-4-2)13-6-5-7-14(12-13)16-8-10-17-11-9-16/h5-7,12,15H,3-4,8-11H2,1-2H3. The summed E-state index contributed by atoms with van der Waals surface area (Å²) in [5.74, 6) is 0. The first-order valence-corrected chi connectivity index (χ1v) is 7.01. The van der Waals surface area contributed by atoms with Crippen LogP contribution >= 0.6 is 0 Å². The molecule has 0 spiro atoms. The number of hydrogen-bond acceptors (Lipinski definition) is 4. The normalized spacial score (nSPS) is 16.1. The zero-order chi connectivity index (χ0) is 13.5. The second-order valence-corrected chi connectivity index (χ2v) is 4.44. The van der Waals surface area contributed by atoms with Crippen molar-refractivity contribution < 1.29 is 14.2 Å². The second-order valence-electron chi connectivity index (χ2n) is 4.44. The molecule has 0 bridgehead atoms. The lowest BCUT2D eigenvalue weighted by Crippen LogP contribution is -2.36. The number of morpholine rings is 1. The third-order valence-corrected chi connectivity index (χ3v) is 3.15. The summed E-state index contributed by atoms with van der Waals surface area (Å²) in [5, 5.41) is 0. The Morgan fingerprint density at radius 1 is 1.16 bits per heavy atom. The molecule has 1 aromatic carbocycles. The first-order chi connectivity index (χ1) is 9.35. The van der Waals surface area contributed by atoms with Crippen molar-refractivity contribution in [2.45, 2.75) is 20.1 Å². The Morgan fingerprint density at radius 3 is 2.47 bits per heavy atom. The average Bonchev–Trinajstić information content (AvgIpc) is 2.48. The van der Waals surface area contributed by atoms with E-state index in [0.717, 1.165) is 31.9 Å². The molecule has 1 aliphatic heterocycles. The quantitative estimate of drug-likeness (QED) is 0.740. The minimum atomic E-state index is -0.268. The molecule has 2 rings (SSSR count). The summed E-state index contributed by atoms with van der Waals surface area (Å²) in [4.78, 5) is 2.34. The van der Waals surface area contributed by atoms with E-state index in [1.165, 1.54) is 5.69 Å². The fourth-order valence-corrected chi connectivity index (χ4v) is 2.23. The number of benzene rings is 1. The van der Waals surface area contributed by atoms with Crippen molar-refractivity contribution in [2.24, 2.45) is 0 Å². The smallest absolute Gasteiger partial charge is 0.183 e. The molecule has 1 fully saturated rings. The van der Waals surface area contributed by atoms with E-state index in [1.807, 2.05) is 13.8 Å². The maximum atomic E-state index is 5.65. The Kier molecular flexibility index (Phi) is 5.63. The van der Waals surface area contributed by atoms with E-state index in [4.69, 9.17) is 14.2 Å². The van der Waals surface area contributed by atoms with Crippen LogP contribution in [0.1, 0.15) is 25.7 Å². The summed E-state index contributed by atoms with van der Waals surface area (Å²) in [6, 6.07) is 8.40. The molecule has 1 aliphatic rings. The maximum Gasteiger partial charge on any atom is 0.183 e. The van der Waals surface area contributed by atoms with Crippen LogP contribution in [0, 0.1) is 0 Å². The zero-order valence-corrected chi connectivity index (χ0v) is 11.8. The molecule has 4 heteroatoms. The van der Waals surface area contributed by atoms with E-state index in [0.29, 0.717) is 13.2 Å². The van der Waals surface area contributed by atoms with Crippen molar-refractivity contribution in [3.05, 3.63) is 29.8 Å². The molecule has 0 atom stereocenters. The van der Waals surface area contributed by atoms with Crippen LogP contribution in [0.15, 0.2) is 24.3 Å². The summed E-state index contributed by atoms with van der Waals surface area (Å²) < 4.78 is 16.7. The predicted octanol–water partition coefficient (Wildman–Crippen LogP) is 2.59. The van der Waals surface area contributed by atoms with Crippen LogP contribution in [0.2, 0.25) is 0 Å². The van der Waals surface area contributed by atoms with Crippen molar-refractivity contribution in [1.82, 2.24) is 0 Å². The van der Waals surface area contributed by atoms with Crippen molar-refractivity contribution >= 4 is 5.69 Å². The van der Waals surface area contributed by atoms with Crippen LogP contribution in [-0.2, 0) is 14.2 Å². The summed E-state index contributed by atoms with van der Waals surface area (Å²) in [6.07, 6.45) is -0.268. The lowest BCUT2D eigenvalue weighted by atomic mass is 10.1. The van der Waals surface area contributed by atoms with Gasteiger partial charge in [0, 0.05) is 37.6 Å². The molecule has 4 nitrogen and oxygen atoms in total. The number of hydrogen-bond donors (Lipinski definition) is 0. The van der Waals surface area contributed by atoms with Crippen LogP contribution in [0.5, 0.6) is 0 Å². The molecule has 1 heterocycles. The van der Waals surface area contributed by atoms with Crippen molar-refractivity contribution in [2.75, 3.05) is 44.4 Å². The topological polar surface area (TPSA) is 30.9 Å². The van der Waals surface area contributed by atoms with Crippen LogP contribution in [-0.4, -0.2) is 39.5 Å². The molecular weight excluding hydrogens is 242 g/mol. The highest BCUT2D eigenvalue weighted by atomic mass is 16.7. The molecule has 1 aromatic rings. The Balaban J connectivity index is 2.12. The Labute approximate surface area is 115 Å². The number of ether oxygens (including phenoxy) is 3. The highest BCUT2D eigenvalue weighted by molar-refractivity contribution is 5.49. The Morgan fingerprint density at radius 2 is 1.84 bits per heavy atom. The molecule has 0 saturated carbocycles. The van der Waals surface area contributed by atoms with Gasteiger partial charge in [-0.2, -0.15) is 0 Å². The fraction of sp³-hybridized carbons (Fsp3) is 0.600. The van der Waals surface area contributed by atoms with Crippen molar-refractivity contribution in [1.29, 1.82) is 0 Å². The summed E-state index contributed by atoms with van der Waals surface area (Å²) in [5.41, 5.74) is 2.29. The number of anilines is 1. The molecule has 1 saturated heterocycles.